The Kier molecular flexibility index (Phi) is 6.05. The summed E-state index contributed by atoms with van der Waals surface area (Å²) in [6.45, 7) is -0.855. The van der Waals surface area contributed by atoms with Crippen molar-refractivity contribution >= 4 is 5.97 Å². The van der Waals surface area contributed by atoms with Crippen LogP contribution in [0.1, 0.15) is 18.9 Å². The van der Waals surface area contributed by atoms with E-state index in [0.717, 1.165) is 0 Å². The molecule has 0 N–H and O–H groups in total. The van der Waals surface area contributed by atoms with Crippen LogP contribution >= 0.6 is 0 Å². The molecule has 4 nitrogen and oxygen atoms in total. The van der Waals surface area contributed by atoms with Crippen LogP contribution in [0.4, 0.5) is 8.78 Å². The van der Waals surface area contributed by atoms with Gasteiger partial charge in [0.1, 0.15) is 11.5 Å². The molecule has 1 aromatic rings. The number of hydrogen-bond donors (Lipinski definition) is 0. The minimum Gasteiger partial charge on any atom is -0.496 e. The highest BCUT2D eigenvalue weighted by molar-refractivity contribution is 5.69. The first kappa shape index (κ1) is 15.2. The van der Waals surface area contributed by atoms with E-state index in [1.54, 1.807) is 6.92 Å². The van der Waals surface area contributed by atoms with Crippen molar-refractivity contribution in [2.45, 2.75) is 26.4 Å². The Labute approximate surface area is 110 Å². The van der Waals surface area contributed by atoms with Crippen LogP contribution in [0, 0.1) is 0 Å². The molecule has 0 bridgehead atoms. The summed E-state index contributed by atoms with van der Waals surface area (Å²) in [6, 6.07) is 4.35. The summed E-state index contributed by atoms with van der Waals surface area (Å²) in [6.07, 6.45) is 0.491. The monoisotopic (exact) mass is 274 g/mol. The Morgan fingerprint density at radius 3 is 2.68 bits per heavy atom. The average Bonchev–Trinajstić information content (AvgIpc) is 2.36. The van der Waals surface area contributed by atoms with Gasteiger partial charge in [0.05, 0.1) is 13.7 Å². The van der Waals surface area contributed by atoms with E-state index >= 15 is 0 Å². The first-order chi connectivity index (χ1) is 9.06. The fourth-order valence-electron chi connectivity index (χ4n) is 1.60. The van der Waals surface area contributed by atoms with Crippen LogP contribution in [0.3, 0.4) is 0 Å². The third-order valence-corrected chi connectivity index (χ3v) is 2.38. The lowest BCUT2D eigenvalue weighted by atomic mass is 10.1. The number of aryl methyl sites for hydroxylation is 1. The van der Waals surface area contributed by atoms with E-state index in [1.165, 1.54) is 25.3 Å². The van der Waals surface area contributed by atoms with Crippen LogP contribution in [0.25, 0.3) is 0 Å². The number of carbonyl (C=O) groups is 1. The standard InChI is InChI=1S/C13H16F2O4/c1-3-18-12(16)7-4-9-8-10(19-13(14)15)5-6-11(9)17-2/h5-6,8,13H,3-4,7H2,1-2H3. The topological polar surface area (TPSA) is 44.8 Å². The van der Waals surface area contributed by atoms with Crippen LogP contribution in [0.5, 0.6) is 11.5 Å². The molecule has 0 fully saturated rings. The molecular formula is C13H16F2O4. The van der Waals surface area contributed by atoms with E-state index in [2.05, 4.69) is 4.74 Å². The number of ether oxygens (including phenoxy) is 3. The zero-order chi connectivity index (χ0) is 14.3. The largest absolute Gasteiger partial charge is 0.496 e. The van der Waals surface area contributed by atoms with Crippen molar-refractivity contribution in [2.75, 3.05) is 13.7 Å². The zero-order valence-corrected chi connectivity index (χ0v) is 10.8. The van der Waals surface area contributed by atoms with Crippen molar-refractivity contribution in [3.05, 3.63) is 23.8 Å². The molecule has 0 radical (unpaired) electrons. The molecule has 19 heavy (non-hydrogen) atoms. The van der Waals surface area contributed by atoms with Gasteiger partial charge < -0.3 is 14.2 Å². The molecule has 0 atom stereocenters. The Morgan fingerprint density at radius 2 is 2.11 bits per heavy atom. The molecule has 0 aliphatic rings. The van der Waals surface area contributed by atoms with Gasteiger partial charge in [-0.05, 0) is 37.1 Å². The predicted octanol–water partition coefficient (Wildman–Crippen LogP) is 2.79. The molecule has 0 spiro atoms. The molecule has 6 heteroatoms. The highest BCUT2D eigenvalue weighted by Gasteiger charge is 2.11. The average molecular weight is 274 g/mol. The number of rotatable bonds is 7. The smallest absolute Gasteiger partial charge is 0.387 e. The van der Waals surface area contributed by atoms with Gasteiger partial charge in [0, 0.05) is 6.42 Å². The lowest BCUT2D eigenvalue weighted by Crippen LogP contribution is -2.06. The van der Waals surface area contributed by atoms with Gasteiger partial charge in [-0.15, -0.1) is 0 Å². The van der Waals surface area contributed by atoms with Crippen LogP contribution in [0.15, 0.2) is 18.2 Å². The second-order valence-electron chi connectivity index (χ2n) is 3.66. The number of esters is 1. The summed E-state index contributed by atoms with van der Waals surface area (Å²) in [4.78, 5) is 11.3. The molecule has 1 rings (SSSR count). The van der Waals surface area contributed by atoms with Crippen molar-refractivity contribution in [1.29, 1.82) is 0 Å². The number of carbonyl (C=O) groups excluding carboxylic acids is 1. The van der Waals surface area contributed by atoms with Gasteiger partial charge in [0.2, 0.25) is 0 Å². The number of methoxy groups -OCH3 is 1. The third-order valence-electron chi connectivity index (χ3n) is 2.38. The van der Waals surface area contributed by atoms with Gasteiger partial charge in [0.25, 0.3) is 0 Å². The molecule has 0 unspecified atom stereocenters. The van der Waals surface area contributed by atoms with E-state index in [4.69, 9.17) is 9.47 Å². The van der Waals surface area contributed by atoms with Crippen molar-refractivity contribution < 1.29 is 27.8 Å². The number of alkyl halides is 2. The second kappa shape index (κ2) is 7.56. The summed E-state index contributed by atoms with van der Waals surface area (Å²) < 4.78 is 38.4. The fourth-order valence-corrected chi connectivity index (χ4v) is 1.60. The van der Waals surface area contributed by atoms with Gasteiger partial charge >= 0.3 is 12.6 Å². The minimum absolute atomic E-state index is 0.0367. The normalized spacial score (nSPS) is 10.4. The first-order valence-corrected chi connectivity index (χ1v) is 5.84. The Hall–Kier alpha value is -1.85. The summed E-state index contributed by atoms with van der Waals surface area (Å²) in [5.41, 5.74) is 0.619. The number of benzene rings is 1. The van der Waals surface area contributed by atoms with Gasteiger partial charge in [-0.2, -0.15) is 8.78 Å². The molecule has 0 aromatic heterocycles. The maximum absolute atomic E-state index is 12.1. The van der Waals surface area contributed by atoms with Crippen LogP contribution in [0.2, 0.25) is 0 Å². The molecular weight excluding hydrogens is 258 g/mol. The molecule has 0 aliphatic carbocycles. The lowest BCUT2D eigenvalue weighted by molar-refractivity contribution is -0.143. The highest BCUT2D eigenvalue weighted by atomic mass is 19.3. The summed E-state index contributed by atoms with van der Waals surface area (Å²) in [5.74, 6) is 0.213. The highest BCUT2D eigenvalue weighted by Crippen LogP contribution is 2.26. The van der Waals surface area contributed by atoms with Gasteiger partial charge in [-0.3, -0.25) is 4.79 Å². The van der Waals surface area contributed by atoms with Gasteiger partial charge in [-0.25, -0.2) is 0 Å². The van der Waals surface area contributed by atoms with Crippen molar-refractivity contribution in [3.8, 4) is 11.5 Å². The summed E-state index contributed by atoms with van der Waals surface area (Å²) in [7, 11) is 1.47. The third kappa shape index (κ3) is 5.11. The Morgan fingerprint density at radius 1 is 1.37 bits per heavy atom. The SMILES string of the molecule is CCOC(=O)CCc1cc(OC(F)F)ccc1OC. The van der Waals surface area contributed by atoms with Gasteiger partial charge in [-0.1, -0.05) is 0 Å². The van der Waals surface area contributed by atoms with E-state index in [-0.39, 0.29) is 18.1 Å². The molecule has 0 heterocycles. The van der Waals surface area contributed by atoms with E-state index in [1.807, 2.05) is 0 Å². The molecule has 106 valence electrons. The molecule has 0 saturated carbocycles. The fraction of sp³-hybridized carbons (Fsp3) is 0.462. The quantitative estimate of drug-likeness (QED) is 0.717. The van der Waals surface area contributed by atoms with Crippen LogP contribution < -0.4 is 9.47 Å². The van der Waals surface area contributed by atoms with Crippen molar-refractivity contribution in [3.63, 3.8) is 0 Å². The first-order valence-electron chi connectivity index (χ1n) is 5.84. The van der Waals surface area contributed by atoms with Crippen molar-refractivity contribution in [2.24, 2.45) is 0 Å². The number of hydrogen-bond acceptors (Lipinski definition) is 4. The zero-order valence-electron chi connectivity index (χ0n) is 10.8. The van der Waals surface area contributed by atoms with Crippen LogP contribution in [-0.4, -0.2) is 26.3 Å². The lowest BCUT2D eigenvalue weighted by Gasteiger charge is -2.11. The molecule has 1 aromatic carbocycles. The molecule has 0 aliphatic heterocycles. The van der Waals surface area contributed by atoms with Gasteiger partial charge in [0.15, 0.2) is 0 Å². The summed E-state index contributed by atoms with van der Waals surface area (Å²) in [5, 5.41) is 0. The predicted molar refractivity (Wildman–Crippen MR) is 64.6 cm³/mol. The van der Waals surface area contributed by atoms with Crippen molar-refractivity contribution in [1.82, 2.24) is 0 Å². The van der Waals surface area contributed by atoms with E-state index in [0.29, 0.717) is 24.3 Å². The van der Waals surface area contributed by atoms with E-state index in [9.17, 15) is 13.6 Å². The maximum Gasteiger partial charge on any atom is 0.387 e. The minimum atomic E-state index is -2.88. The Bertz CT molecular complexity index is 421. The van der Waals surface area contributed by atoms with Crippen LogP contribution in [-0.2, 0) is 16.0 Å². The van der Waals surface area contributed by atoms with E-state index < -0.39 is 6.61 Å². The molecule has 0 saturated heterocycles. The maximum atomic E-state index is 12.1. The number of halogens is 2. The molecule has 0 amide bonds. The second-order valence-corrected chi connectivity index (χ2v) is 3.66. The Balaban J connectivity index is 2.75. The summed E-state index contributed by atoms with van der Waals surface area (Å²) >= 11 is 0.